The van der Waals surface area contributed by atoms with E-state index in [-0.39, 0.29) is 6.10 Å². The van der Waals surface area contributed by atoms with Crippen molar-refractivity contribution in [1.82, 2.24) is 5.32 Å². The van der Waals surface area contributed by atoms with Crippen LogP contribution in [0.4, 0.5) is 0 Å². The van der Waals surface area contributed by atoms with Crippen molar-refractivity contribution in [2.75, 3.05) is 13.6 Å². The zero-order valence-electron chi connectivity index (χ0n) is 11.0. The van der Waals surface area contributed by atoms with Crippen LogP contribution in [0.2, 0.25) is 0 Å². The first kappa shape index (κ1) is 14.1. The third-order valence-corrected chi connectivity index (χ3v) is 3.93. The number of hydrogen-bond donors (Lipinski definition) is 2. The first-order valence-corrected chi connectivity index (χ1v) is 7.27. The summed E-state index contributed by atoms with van der Waals surface area (Å²) in [6.45, 7) is 0.821. The van der Waals surface area contributed by atoms with E-state index < -0.39 is 0 Å². The smallest absolute Gasteiger partial charge is 0.0802 e. The molecule has 0 spiro atoms. The normalized spacial score (nSPS) is 12.3. The number of aliphatic hydroxyl groups excluding tert-OH is 1. The van der Waals surface area contributed by atoms with Crippen LogP contribution in [-0.4, -0.2) is 18.7 Å². The molecule has 100 valence electrons. The maximum atomic E-state index is 9.99. The summed E-state index contributed by atoms with van der Waals surface area (Å²) in [6.07, 6.45) is 0.352. The highest BCUT2D eigenvalue weighted by Gasteiger charge is 2.06. The van der Waals surface area contributed by atoms with Gasteiger partial charge in [-0.05, 0) is 49.8 Å². The van der Waals surface area contributed by atoms with Gasteiger partial charge in [0.2, 0.25) is 0 Å². The van der Waals surface area contributed by atoms with E-state index in [0.29, 0.717) is 0 Å². The van der Waals surface area contributed by atoms with Gasteiger partial charge in [0.05, 0.1) is 6.10 Å². The molecule has 0 radical (unpaired) electrons. The van der Waals surface area contributed by atoms with Crippen molar-refractivity contribution in [2.24, 2.45) is 0 Å². The molecule has 0 fully saturated rings. The molecular weight excluding hydrogens is 254 g/mol. The van der Waals surface area contributed by atoms with Crippen LogP contribution in [0.25, 0.3) is 0 Å². The summed E-state index contributed by atoms with van der Waals surface area (Å²) < 4.78 is 0. The highest BCUT2D eigenvalue weighted by Crippen LogP contribution is 2.28. The SMILES string of the molecule is CNCCC(O)c1ccc(Sc2ccccc2)cc1. The molecule has 0 heterocycles. The number of benzene rings is 2. The van der Waals surface area contributed by atoms with Gasteiger partial charge in [0, 0.05) is 9.79 Å². The van der Waals surface area contributed by atoms with Gasteiger partial charge < -0.3 is 10.4 Å². The Bertz CT molecular complexity index is 484. The fourth-order valence-electron chi connectivity index (χ4n) is 1.83. The van der Waals surface area contributed by atoms with E-state index in [2.05, 4.69) is 29.6 Å². The van der Waals surface area contributed by atoms with E-state index in [9.17, 15) is 5.11 Å². The summed E-state index contributed by atoms with van der Waals surface area (Å²) in [5, 5.41) is 13.0. The van der Waals surface area contributed by atoms with E-state index in [1.54, 1.807) is 11.8 Å². The number of rotatable bonds is 6. The van der Waals surface area contributed by atoms with E-state index in [1.807, 2.05) is 37.4 Å². The van der Waals surface area contributed by atoms with Crippen molar-refractivity contribution >= 4 is 11.8 Å². The maximum Gasteiger partial charge on any atom is 0.0802 e. The molecule has 2 aromatic carbocycles. The summed E-state index contributed by atoms with van der Waals surface area (Å²) in [6, 6.07) is 18.4. The Kier molecular flexibility index (Phi) is 5.45. The lowest BCUT2D eigenvalue weighted by molar-refractivity contribution is 0.167. The van der Waals surface area contributed by atoms with Gasteiger partial charge in [-0.15, -0.1) is 0 Å². The highest BCUT2D eigenvalue weighted by atomic mass is 32.2. The molecule has 1 unspecified atom stereocenters. The van der Waals surface area contributed by atoms with Crippen LogP contribution in [0.3, 0.4) is 0 Å². The van der Waals surface area contributed by atoms with Crippen LogP contribution >= 0.6 is 11.8 Å². The van der Waals surface area contributed by atoms with Gasteiger partial charge >= 0.3 is 0 Å². The topological polar surface area (TPSA) is 32.3 Å². The van der Waals surface area contributed by atoms with Gasteiger partial charge in [-0.1, -0.05) is 42.1 Å². The second kappa shape index (κ2) is 7.34. The largest absolute Gasteiger partial charge is 0.388 e. The third-order valence-electron chi connectivity index (χ3n) is 2.91. The zero-order chi connectivity index (χ0) is 13.5. The first-order chi connectivity index (χ1) is 9.29. The summed E-state index contributed by atoms with van der Waals surface area (Å²) in [7, 11) is 1.90. The molecule has 0 saturated carbocycles. The highest BCUT2D eigenvalue weighted by molar-refractivity contribution is 7.99. The Labute approximate surface area is 118 Å². The molecule has 1 atom stereocenters. The first-order valence-electron chi connectivity index (χ1n) is 6.45. The minimum absolute atomic E-state index is 0.386. The number of aliphatic hydroxyl groups is 1. The molecule has 0 aliphatic heterocycles. The van der Waals surface area contributed by atoms with Crippen molar-refractivity contribution < 1.29 is 5.11 Å². The van der Waals surface area contributed by atoms with Crippen LogP contribution in [0, 0.1) is 0 Å². The summed E-state index contributed by atoms with van der Waals surface area (Å²) >= 11 is 1.73. The van der Waals surface area contributed by atoms with Crippen molar-refractivity contribution in [3.05, 3.63) is 60.2 Å². The predicted molar refractivity (Wildman–Crippen MR) is 80.5 cm³/mol. The van der Waals surface area contributed by atoms with Crippen LogP contribution < -0.4 is 5.32 Å². The lowest BCUT2D eigenvalue weighted by Gasteiger charge is -2.11. The lowest BCUT2D eigenvalue weighted by atomic mass is 10.1. The van der Waals surface area contributed by atoms with Crippen LogP contribution in [0.15, 0.2) is 64.4 Å². The average Bonchev–Trinajstić information content (AvgIpc) is 2.46. The second-order valence-electron chi connectivity index (χ2n) is 4.39. The molecule has 0 bridgehead atoms. The molecule has 2 nitrogen and oxygen atoms in total. The molecule has 19 heavy (non-hydrogen) atoms. The molecular formula is C16H19NOS. The summed E-state index contributed by atoms with van der Waals surface area (Å²) in [5.74, 6) is 0. The van der Waals surface area contributed by atoms with Crippen LogP contribution in [0.5, 0.6) is 0 Å². The predicted octanol–water partition coefficient (Wildman–Crippen LogP) is 3.48. The van der Waals surface area contributed by atoms with E-state index in [0.717, 1.165) is 18.5 Å². The third kappa shape index (κ3) is 4.39. The van der Waals surface area contributed by atoms with Crippen LogP contribution in [-0.2, 0) is 0 Å². The molecule has 3 heteroatoms. The Balaban J connectivity index is 1.98. The molecule has 0 aliphatic rings. The molecule has 2 N–H and O–H groups in total. The fraction of sp³-hybridized carbons (Fsp3) is 0.250. The Morgan fingerprint density at radius 3 is 2.26 bits per heavy atom. The summed E-state index contributed by atoms with van der Waals surface area (Å²) in [5.41, 5.74) is 0.979. The Morgan fingerprint density at radius 1 is 1.00 bits per heavy atom. The monoisotopic (exact) mass is 273 g/mol. The number of nitrogens with one attached hydrogen (secondary N) is 1. The Hall–Kier alpha value is -1.29. The molecule has 0 amide bonds. The molecule has 0 aliphatic carbocycles. The van der Waals surface area contributed by atoms with Gasteiger partial charge in [-0.3, -0.25) is 0 Å². The summed E-state index contributed by atoms with van der Waals surface area (Å²) in [4.78, 5) is 2.42. The van der Waals surface area contributed by atoms with Crippen molar-refractivity contribution in [2.45, 2.75) is 22.3 Å². The van der Waals surface area contributed by atoms with Gasteiger partial charge in [0.1, 0.15) is 0 Å². The molecule has 0 saturated heterocycles. The second-order valence-corrected chi connectivity index (χ2v) is 5.54. The van der Waals surface area contributed by atoms with Crippen molar-refractivity contribution in [3.63, 3.8) is 0 Å². The minimum Gasteiger partial charge on any atom is -0.388 e. The van der Waals surface area contributed by atoms with Gasteiger partial charge in [-0.25, -0.2) is 0 Å². The standard InChI is InChI=1S/C16H19NOS/c1-17-12-11-16(18)13-7-9-15(10-8-13)19-14-5-3-2-4-6-14/h2-10,16-18H,11-12H2,1H3. The molecule has 2 aromatic rings. The number of hydrogen-bond acceptors (Lipinski definition) is 3. The van der Waals surface area contributed by atoms with E-state index in [1.165, 1.54) is 9.79 Å². The van der Waals surface area contributed by atoms with Crippen molar-refractivity contribution in [3.8, 4) is 0 Å². The molecule has 0 aromatic heterocycles. The Morgan fingerprint density at radius 2 is 1.63 bits per heavy atom. The zero-order valence-corrected chi connectivity index (χ0v) is 11.9. The van der Waals surface area contributed by atoms with E-state index in [4.69, 9.17) is 0 Å². The lowest BCUT2D eigenvalue weighted by Crippen LogP contribution is -2.11. The van der Waals surface area contributed by atoms with Gasteiger partial charge in [0.25, 0.3) is 0 Å². The van der Waals surface area contributed by atoms with Crippen LogP contribution in [0.1, 0.15) is 18.1 Å². The average molecular weight is 273 g/mol. The van der Waals surface area contributed by atoms with Gasteiger partial charge in [0.15, 0.2) is 0 Å². The molecule has 2 rings (SSSR count). The minimum atomic E-state index is -0.386. The fourth-order valence-corrected chi connectivity index (χ4v) is 2.67. The van der Waals surface area contributed by atoms with Crippen molar-refractivity contribution in [1.29, 1.82) is 0 Å². The maximum absolute atomic E-state index is 9.99. The van der Waals surface area contributed by atoms with Gasteiger partial charge in [-0.2, -0.15) is 0 Å². The quantitative estimate of drug-likeness (QED) is 0.845. The van der Waals surface area contributed by atoms with E-state index >= 15 is 0 Å².